The van der Waals surface area contributed by atoms with Crippen molar-refractivity contribution in [1.82, 2.24) is 0 Å². The molecule has 3 rings (SSSR count). The molecule has 152 valence electrons. The average Bonchev–Trinajstić information content (AvgIpc) is 3.04. The maximum atomic E-state index is 9.50. The van der Waals surface area contributed by atoms with Crippen LogP contribution >= 0.6 is 0 Å². The fourth-order valence-corrected chi connectivity index (χ4v) is 4.67. The van der Waals surface area contributed by atoms with Crippen molar-refractivity contribution in [2.75, 3.05) is 26.4 Å². The normalized spacial score (nSPS) is 34.9. The van der Waals surface area contributed by atoms with E-state index in [1.807, 2.05) is 0 Å². The Morgan fingerprint density at radius 2 is 2.19 bits per heavy atom. The van der Waals surface area contributed by atoms with Crippen molar-refractivity contribution in [2.45, 2.75) is 69.9 Å². The van der Waals surface area contributed by atoms with Crippen LogP contribution in [0.5, 0.6) is 0 Å². The third-order valence-corrected chi connectivity index (χ3v) is 6.65. The van der Waals surface area contributed by atoms with E-state index in [0.29, 0.717) is 12.0 Å². The van der Waals surface area contributed by atoms with Crippen molar-refractivity contribution in [3.8, 4) is 0 Å². The van der Waals surface area contributed by atoms with Gasteiger partial charge >= 0.3 is 0 Å². The first-order valence-electron chi connectivity index (χ1n) is 10.7. The fraction of sp³-hybridized carbons (Fsp3) is 0.739. The van der Waals surface area contributed by atoms with E-state index in [-0.39, 0.29) is 6.61 Å². The lowest BCUT2D eigenvalue weighted by molar-refractivity contribution is -0.130. The summed E-state index contributed by atoms with van der Waals surface area (Å²) in [6, 6.07) is 0. The standard InChI is InChI=1S/C23H37NO3/c1-3-19-12-18(5-4-10-27-22-14-26-15-22)6-7-20(19)11-17(2)21-8-9-23(24,13-21)16-25/h3,11,18,21-22,25H,2,4-10,12-16,24H2,1H3/b19-3-,20-11-/t18-,21-,23+/m0/s1. The Kier molecular flexibility index (Phi) is 7.32. The zero-order chi connectivity index (χ0) is 19.3. The highest BCUT2D eigenvalue weighted by molar-refractivity contribution is 5.39. The lowest BCUT2D eigenvalue weighted by Gasteiger charge is -2.29. The van der Waals surface area contributed by atoms with Gasteiger partial charge < -0.3 is 20.3 Å². The zero-order valence-electron chi connectivity index (χ0n) is 16.9. The Morgan fingerprint density at radius 3 is 2.81 bits per heavy atom. The van der Waals surface area contributed by atoms with Gasteiger partial charge in [0.15, 0.2) is 0 Å². The molecule has 0 bridgehead atoms. The van der Waals surface area contributed by atoms with E-state index in [4.69, 9.17) is 15.2 Å². The van der Waals surface area contributed by atoms with E-state index in [0.717, 1.165) is 57.8 Å². The SMILES string of the molecule is C=C(/C=C1/CC[C@H](CCCOC2COC2)C/C1=C/C)[C@H]1CC[C@](N)(CO)C1. The quantitative estimate of drug-likeness (QED) is 0.632. The third kappa shape index (κ3) is 5.54. The maximum Gasteiger partial charge on any atom is 0.104 e. The van der Waals surface area contributed by atoms with Gasteiger partial charge in [-0.05, 0) is 81.3 Å². The molecule has 0 spiro atoms. The largest absolute Gasteiger partial charge is 0.394 e. The van der Waals surface area contributed by atoms with Crippen molar-refractivity contribution in [2.24, 2.45) is 17.6 Å². The van der Waals surface area contributed by atoms with E-state index < -0.39 is 5.54 Å². The highest BCUT2D eigenvalue weighted by Gasteiger charge is 2.36. The van der Waals surface area contributed by atoms with E-state index >= 15 is 0 Å². The molecule has 0 aromatic heterocycles. The van der Waals surface area contributed by atoms with Gasteiger partial charge in [-0.3, -0.25) is 0 Å². The molecule has 27 heavy (non-hydrogen) atoms. The summed E-state index contributed by atoms with van der Waals surface area (Å²) in [5.41, 5.74) is 9.98. The molecule has 0 aromatic rings. The third-order valence-electron chi connectivity index (χ3n) is 6.65. The molecule has 1 saturated heterocycles. The minimum Gasteiger partial charge on any atom is -0.394 e. The fourth-order valence-electron chi connectivity index (χ4n) is 4.67. The topological polar surface area (TPSA) is 64.7 Å². The van der Waals surface area contributed by atoms with Crippen LogP contribution in [0.1, 0.15) is 58.3 Å². The number of ether oxygens (including phenoxy) is 2. The molecule has 0 unspecified atom stereocenters. The Morgan fingerprint density at radius 1 is 1.37 bits per heavy atom. The lowest BCUT2D eigenvalue weighted by atomic mass is 9.78. The zero-order valence-corrected chi connectivity index (χ0v) is 16.9. The lowest BCUT2D eigenvalue weighted by Crippen LogP contribution is -2.40. The number of rotatable bonds is 8. The van der Waals surface area contributed by atoms with Crippen LogP contribution in [0, 0.1) is 11.8 Å². The molecule has 0 radical (unpaired) electrons. The Labute approximate surface area is 164 Å². The average molecular weight is 376 g/mol. The van der Waals surface area contributed by atoms with Gasteiger partial charge in [-0.15, -0.1) is 0 Å². The summed E-state index contributed by atoms with van der Waals surface area (Å²) < 4.78 is 10.9. The van der Waals surface area contributed by atoms with Gasteiger partial charge in [-0.25, -0.2) is 0 Å². The van der Waals surface area contributed by atoms with Crippen LogP contribution in [0.25, 0.3) is 0 Å². The summed E-state index contributed by atoms with van der Waals surface area (Å²) in [6.07, 6.45) is 13.7. The van der Waals surface area contributed by atoms with Crippen molar-refractivity contribution < 1.29 is 14.6 Å². The Hall–Kier alpha value is -0.940. The number of nitrogens with two attached hydrogens (primary N) is 1. The Bertz CT molecular complexity index is 578. The van der Waals surface area contributed by atoms with Gasteiger partial charge in [-0.1, -0.05) is 24.3 Å². The maximum absolute atomic E-state index is 9.50. The minimum atomic E-state index is -0.402. The molecule has 1 aliphatic heterocycles. The van der Waals surface area contributed by atoms with E-state index in [1.54, 1.807) is 0 Å². The molecule has 2 saturated carbocycles. The summed E-state index contributed by atoms with van der Waals surface area (Å²) >= 11 is 0. The minimum absolute atomic E-state index is 0.0760. The van der Waals surface area contributed by atoms with Crippen LogP contribution in [0.4, 0.5) is 0 Å². The van der Waals surface area contributed by atoms with Crippen molar-refractivity contribution in [1.29, 1.82) is 0 Å². The first-order valence-corrected chi connectivity index (χ1v) is 10.7. The molecule has 3 atom stereocenters. The number of aliphatic hydroxyl groups is 1. The van der Waals surface area contributed by atoms with Crippen LogP contribution in [-0.2, 0) is 9.47 Å². The van der Waals surface area contributed by atoms with Gasteiger partial charge in [0.2, 0.25) is 0 Å². The number of allylic oxidation sites excluding steroid dienone is 5. The van der Waals surface area contributed by atoms with Gasteiger partial charge in [0, 0.05) is 12.1 Å². The van der Waals surface area contributed by atoms with Gasteiger partial charge in [-0.2, -0.15) is 0 Å². The smallest absolute Gasteiger partial charge is 0.104 e. The molecule has 3 fully saturated rings. The van der Waals surface area contributed by atoms with Crippen molar-refractivity contribution in [3.05, 3.63) is 35.5 Å². The molecule has 3 aliphatic rings. The molecule has 0 amide bonds. The van der Waals surface area contributed by atoms with E-state index in [1.165, 1.54) is 36.0 Å². The summed E-state index contributed by atoms with van der Waals surface area (Å²) in [7, 11) is 0. The molecule has 0 aromatic carbocycles. The summed E-state index contributed by atoms with van der Waals surface area (Å²) in [5, 5.41) is 9.50. The van der Waals surface area contributed by atoms with Crippen LogP contribution in [0.2, 0.25) is 0 Å². The van der Waals surface area contributed by atoms with Crippen molar-refractivity contribution in [3.63, 3.8) is 0 Å². The highest BCUT2D eigenvalue weighted by Crippen LogP contribution is 2.40. The molecule has 1 heterocycles. The van der Waals surface area contributed by atoms with E-state index in [9.17, 15) is 5.11 Å². The number of hydrogen-bond acceptors (Lipinski definition) is 4. The van der Waals surface area contributed by atoms with Crippen LogP contribution in [0.3, 0.4) is 0 Å². The summed E-state index contributed by atoms with van der Waals surface area (Å²) in [5.74, 6) is 1.18. The Balaban J connectivity index is 1.46. The number of hydrogen-bond donors (Lipinski definition) is 2. The molecule has 4 heteroatoms. The van der Waals surface area contributed by atoms with E-state index in [2.05, 4.69) is 25.7 Å². The highest BCUT2D eigenvalue weighted by atomic mass is 16.6. The van der Waals surface area contributed by atoms with Crippen LogP contribution in [-0.4, -0.2) is 43.2 Å². The summed E-state index contributed by atoms with van der Waals surface area (Å²) in [6.45, 7) is 8.98. The predicted octanol–water partition coefficient (Wildman–Crippen LogP) is 3.90. The molecular formula is C23H37NO3. The first kappa shape index (κ1) is 20.8. The second-order valence-corrected chi connectivity index (χ2v) is 8.80. The van der Waals surface area contributed by atoms with Gasteiger partial charge in [0.05, 0.1) is 19.8 Å². The molecular weight excluding hydrogens is 338 g/mol. The van der Waals surface area contributed by atoms with Gasteiger partial charge in [0.1, 0.15) is 6.10 Å². The van der Waals surface area contributed by atoms with Crippen LogP contribution < -0.4 is 5.73 Å². The molecule has 4 nitrogen and oxygen atoms in total. The summed E-state index contributed by atoms with van der Waals surface area (Å²) in [4.78, 5) is 0. The van der Waals surface area contributed by atoms with Crippen LogP contribution in [0.15, 0.2) is 35.5 Å². The molecule has 3 N–H and O–H groups in total. The first-order chi connectivity index (χ1) is 13.0. The monoisotopic (exact) mass is 375 g/mol. The van der Waals surface area contributed by atoms with Crippen molar-refractivity contribution >= 4 is 0 Å². The molecule has 2 aliphatic carbocycles. The second kappa shape index (κ2) is 9.51. The van der Waals surface area contributed by atoms with Gasteiger partial charge in [0.25, 0.3) is 0 Å². The predicted molar refractivity (Wildman–Crippen MR) is 109 cm³/mol. The number of aliphatic hydroxyl groups excluding tert-OH is 1. The second-order valence-electron chi connectivity index (χ2n) is 8.80.